The Morgan fingerprint density at radius 1 is 1.28 bits per heavy atom. The van der Waals surface area contributed by atoms with Crippen molar-refractivity contribution in [2.24, 2.45) is 0 Å². The van der Waals surface area contributed by atoms with Crippen LogP contribution in [0.25, 0.3) is 32.1 Å². The van der Waals surface area contributed by atoms with Crippen LogP contribution in [0.1, 0.15) is 24.8 Å². The number of benzene rings is 2. The number of aromatic nitrogens is 2. The van der Waals surface area contributed by atoms with Crippen LogP contribution in [0.5, 0.6) is 11.9 Å². The summed E-state index contributed by atoms with van der Waals surface area (Å²) in [6.45, 7) is 0. The van der Waals surface area contributed by atoms with Gasteiger partial charge in [0, 0.05) is 10.9 Å². The van der Waals surface area contributed by atoms with Gasteiger partial charge >= 0.3 is 6.01 Å². The third kappa shape index (κ3) is 3.10. The Hall–Kier alpha value is -3.22. The van der Waals surface area contributed by atoms with Crippen LogP contribution in [0.2, 0.25) is 5.02 Å². The van der Waals surface area contributed by atoms with Crippen LogP contribution in [-0.2, 0) is 0 Å². The lowest BCUT2D eigenvalue weighted by Crippen LogP contribution is -2.25. The summed E-state index contributed by atoms with van der Waals surface area (Å²) in [5.74, 6) is -1.13. The Labute approximate surface area is 190 Å². The number of nitrogens with zero attached hydrogens (tertiary/aromatic N) is 3. The number of ether oxygens (including phenoxy) is 2. The fourth-order valence-corrected chi connectivity index (χ4v) is 4.98. The van der Waals surface area contributed by atoms with E-state index in [1.165, 1.54) is 25.3 Å². The maximum absolute atomic E-state index is 15.9. The number of thiophene rings is 1. The molecule has 32 heavy (non-hydrogen) atoms. The maximum Gasteiger partial charge on any atom is 0.320 e. The van der Waals surface area contributed by atoms with E-state index in [0.29, 0.717) is 5.39 Å². The molecule has 1 saturated carbocycles. The monoisotopic (exact) mass is 472 g/mol. The Morgan fingerprint density at radius 3 is 2.72 bits per heavy atom. The molecule has 0 unspecified atom stereocenters. The van der Waals surface area contributed by atoms with Crippen LogP contribution in [0, 0.1) is 23.0 Å². The van der Waals surface area contributed by atoms with Crippen molar-refractivity contribution in [2.45, 2.75) is 25.4 Å². The molecule has 1 aliphatic rings. The number of methoxy groups -OCH3 is 1. The second kappa shape index (κ2) is 7.73. The smallest absolute Gasteiger partial charge is 0.320 e. The van der Waals surface area contributed by atoms with Crippen LogP contribution in [0.4, 0.5) is 13.8 Å². The van der Waals surface area contributed by atoms with Crippen LogP contribution in [-0.4, -0.2) is 23.2 Å². The Balaban J connectivity index is 1.81. The van der Waals surface area contributed by atoms with E-state index in [2.05, 4.69) is 9.97 Å². The molecule has 10 heteroatoms. The quantitative estimate of drug-likeness (QED) is 0.401. The van der Waals surface area contributed by atoms with Crippen LogP contribution in [0.3, 0.4) is 0 Å². The number of halogens is 3. The first-order valence-electron chi connectivity index (χ1n) is 9.74. The van der Waals surface area contributed by atoms with Crippen molar-refractivity contribution in [2.75, 3.05) is 12.8 Å². The van der Waals surface area contributed by atoms with Crippen molar-refractivity contribution in [3.63, 3.8) is 0 Å². The summed E-state index contributed by atoms with van der Waals surface area (Å²) in [4.78, 5) is 8.40. The first kappa shape index (κ1) is 20.7. The second-order valence-corrected chi connectivity index (χ2v) is 8.84. The van der Waals surface area contributed by atoms with Crippen molar-refractivity contribution in [3.8, 4) is 29.1 Å². The van der Waals surface area contributed by atoms with Gasteiger partial charge in [0.15, 0.2) is 5.82 Å². The minimum absolute atomic E-state index is 0.0111. The molecular formula is C22H15ClF2N4O2S. The number of hydrogen-bond donors (Lipinski definition) is 1. The van der Waals surface area contributed by atoms with E-state index >= 15 is 4.39 Å². The standard InChI is InChI=1S/C22H15ClF2N4O2S/c1-30-22-28-18-11(21(29-22)31-9-3-2-4-9)7-13(23)16(17(18)25)10-5-6-14(24)19-15(10)12(8-26)20(27)32-19/h5-7,9H,2-4,27H2,1H3. The summed E-state index contributed by atoms with van der Waals surface area (Å²) in [6, 6.07) is 6.01. The average molecular weight is 473 g/mol. The minimum atomic E-state index is -0.756. The van der Waals surface area contributed by atoms with Crippen molar-refractivity contribution in [1.82, 2.24) is 9.97 Å². The normalized spacial score (nSPS) is 13.8. The third-order valence-electron chi connectivity index (χ3n) is 5.54. The van der Waals surface area contributed by atoms with Gasteiger partial charge in [-0.15, -0.1) is 11.3 Å². The highest BCUT2D eigenvalue weighted by atomic mass is 35.5. The topological polar surface area (TPSA) is 94.0 Å². The molecule has 0 bridgehead atoms. The molecule has 6 nitrogen and oxygen atoms in total. The number of nitrogens with two attached hydrogens (primary N) is 1. The molecule has 5 rings (SSSR count). The van der Waals surface area contributed by atoms with Gasteiger partial charge in [-0.3, -0.25) is 0 Å². The molecule has 4 aromatic rings. The van der Waals surface area contributed by atoms with Gasteiger partial charge in [-0.25, -0.2) is 8.78 Å². The molecule has 0 aliphatic heterocycles. The summed E-state index contributed by atoms with van der Waals surface area (Å²) >= 11 is 7.46. The van der Waals surface area contributed by atoms with Crippen molar-refractivity contribution in [1.29, 1.82) is 5.26 Å². The highest BCUT2D eigenvalue weighted by molar-refractivity contribution is 7.23. The van der Waals surface area contributed by atoms with Gasteiger partial charge in [0.2, 0.25) is 5.88 Å². The van der Waals surface area contributed by atoms with E-state index in [1.54, 1.807) is 0 Å². The molecular weight excluding hydrogens is 458 g/mol. The molecule has 2 heterocycles. The molecule has 2 N–H and O–H groups in total. The zero-order valence-corrected chi connectivity index (χ0v) is 18.3. The van der Waals surface area contributed by atoms with E-state index in [9.17, 15) is 9.65 Å². The van der Waals surface area contributed by atoms with Gasteiger partial charge in [0.05, 0.1) is 27.8 Å². The summed E-state index contributed by atoms with van der Waals surface area (Å²) in [5.41, 5.74) is 6.17. The van der Waals surface area contributed by atoms with E-state index in [0.717, 1.165) is 30.6 Å². The van der Waals surface area contributed by atoms with E-state index < -0.39 is 11.6 Å². The Bertz CT molecular complexity index is 1450. The van der Waals surface area contributed by atoms with Crippen molar-refractivity contribution >= 4 is 48.9 Å². The molecule has 2 aromatic heterocycles. The maximum atomic E-state index is 15.9. The number of nitrogen functional groups attached to an aromatic ring is 1. The predicted molar refractivity (Wildman–Crippen MR) is 119 cm³/mol. The molecule has 0 saturated heterocycles. The Morgan fingerprint density at radius 2 is 2.06 bits per heavy atom. The summed E-state index contributed by atoms with van der Waals surface area (Å²) < 4.78 is 41.6. The van der Waals surface area contributed by atoms with Gasteiger partial charge in [-0.1, -0.05) is 17.7 Å². The predicted octanol–water partition coefficient (Wildman–Crippen LogP) is 5.84. The molecule has 1 fully saturated rings. The number of fused-ring (bicyclic) bond motifs is 2. The van der Waals surface area contributed by atoms with Gasteiger partial charge in [-0.05, 0) is 37.0 Å². The van der Waals surface area contributed by atoms with Crippen molar-refractivity contribution in [3.05, 3.63) is 40.4 Å². The second-order valence-electron chi connectivity index (χ2n) is 7.38. The molecule has 0 spiro atoms. The van der Waals surface area contributed by atoms with Crippen LogP contribution >= 0.6 is 22.9 Å². The fourth-order valence-electron chi connectivity index (χ4n) is 3.73. The number of nitriles is 1. The lowest BCUT2D eigenvalue weighted by molar-refractivity contribution is 0.115. The molecule has 0 radical (unpaired) electrons. The van der Waals surface area contributed by atoms with Gasteiger partial charge < -0.3 is 15.2 Å². The highest BCUT2D eigenvalue weighted by Crippen LogP contribution is 2.45. The van der Waals surface area contributed by atoms with Gasteiger partial charge in [0.25, 0.3) is 0 Å². The summed E-state index contributed by atoms with van der Waals surface area (Å²) in [5, 5.41) is 10.3. The van der Waals surface area contributed by atoms with Crippen LogP contribution < -0.4 is 15.2 Å². The number of anilines is 1. The zero-order chi connectivity index (χ0) is 22.6. The third-order valence-corrected chi connectivity index (χ3v) is 6.87. The molecule has 162 valence electrons. The lowest BCUT2D eigenvalue weighted by Gasteiger charge is -2.26. The molecule has 0 amide bonds. The Kier molecular flexibility index (Phi) is 4.99. The van der Waals surface area contributed by atoms with Gasteiger partial charge in [0.1, 0.15) is 28.5 Å². The lowest BCUT2D eigenvalue weighted by atomic mass is 9.96. The molecule has 1 aliphatic carbocycles. The SMILES string of the molecule is COc1nc(OC2CCC2)c2cc(Cl)c(-c3ccc(F)c4sc(N)c(C#N)c34)c(F)c2n1. The minimum Gasteiger partial charge on any atom is -0.474 e. The first-order chi connectivity index (χ1) is 15.4. The first-order valence-corrected chi connectivity index (χ1v) is 10.9. The summed E-state index contributed by atoms with van der Waals surface area (Å²) in [6.07, 6.45) is 2.80. The average Bonchev–Trinajstić information content (AvgIpc) is 3.09. The van der Waals surface area contributed by atoms with Crippen LogP contribution in [0.15, 0.2) is 18.2 Å². The van der Waals surface area contributed by atoms with E-state index in [1.807, 2.05) is 6.07 Å². The number of rotatable bonds is 4. The van der Waals surface area contributed by atoms with Crippen molar-refractivity contribution < 1.29 is 18.3 Å². The highest BCUT2D eigenvalue weighted by Gasteiger charge is 2.27. The van der Waals surface area contributed by atoms with E-state index in [4.69, 9.17) is 26.8 Å². The fraction of sp³-hybridized carbons (Fsp3) is 0.227. The molecule has 0 atom stereocenters. The zero-order valence-electron chi connectivity index (χ0n) is 16.7. The van der Waals surface area contributed by atoms with E-state index in [-0.39, 0.29) is 60.3 Å². The van der Waals surface area contributed by atoms with Gasteiger partial charge in [-0.2, -0.15) is 15.2 Å². The number of hydrogen-bond acceptors (Lipinski definition) is 7. The largest absolute Gasteiger partial charge is 0.474 e. The summed E-state index contributed by atoms with van der Waals surface area (Å²) in [7, 11) is 1.37. The molecule has 2 aromatic carbocycles.